The molecular weight excluding hydrogens is 981 g/mol. The van der Waals surface area contributed by atoms with Crippen molar-refractivity contribution in [3.8, 4) is 0 Å². The molecular formula is C48H22BF20N. The second-order valence-electron chi connectivity index (χ2n) is 15.4. The first-order valence-corrected chi connectivity index (χ1v) is 19.7. The molecule has 0 amide bonds. The summed E-state index contributed by atoms with van der Waals surface area (Å²) in [7, 11) is 0. The molecule has 0 unspecified atom stereocenters. The molecule has 70 heavy (non-hydrogen) atoms. The van der Waals surface area contributed by atoms with Crippen LogP contribution in [0.2, 0.25) is 0 Å². The van der Waals surface area contributed by atoms with E-state index < -0.39 is 144 Å². The number of nitrogens with zero attached hydrogens (tertiary/aromatic N) is 1. The van der Waals surface area contributed by atoms with Crippen molar-refractivity contribution in [2.45, 2.75) is 19.9 Å². The molecule has 0 N–H and O–H groups in total. The minimum atomic E-state index is -7.22. The molecule has 0 saturated heterocycles. The highest BCUT2D eigenvalue weighted by atomic mass is 19.2. The number of aromatic nitrogens is 1. The summed E-state index contributed by atoms with van der Waals surface area (Å²) in [5.74, 6) is -71.4. The third-order valence-electron chi connectivity index (χ3n) is 11.4. The van der Waals surface area contributed by atoms with Gasteiger partial charge in [-0.15, -0.1) is 21.9 Å². The molecule has 0 aliphatic rings. The lowest BCUT2D eigenvalue weighted by Gasteiger charge is -2.44. The largest absolute Gasteiger partial charge is 0.207 e. The normalized spacial score (nSPS) is 11.6. The van der Waals surface area contributed by atoms with E-state index in [4.69, 9.17) is 0 Å². The van der Waals surface area contributed by atoms with Crippen LogP contribution in [0.25, 0.3) is 10.8 Å². The molecule has 1 nitrogen and oxygen atoms in total. The summed E-state index contributed by atoms with van der Waals surface area (Å²) >= 11 is 0. The van der Waals surface area contributed by atoms with Crippen molar-refractivity contribution in [3.63, 3.8) is 0 Å². The Balaban J connectivity index is 0.000000242. The van der Waals surface area contributed by atoms with Gasteiger partial charge in [0.25, 0.3) is 0 Å². The van der Waals surface area contributed by atoms with E-state index in [2.05, 4.69) is 103 Å². The number of hydrogen-bond donors (Lipinski definition) is 0. The van der Waals surface area contributed by atoms with Crippen LogP contribution in [0.4, 0.5) is 87.8 Å². The molecule has 0 aliphatic heterocycles. The number of halogens is 20. The Morgan fingerprint density at radius 1 is 0.329 bits per heavy atom. The fourth-order valence-electron chi connectivity index (χ4n) is 8.22. The lowest BCUT2D eigenvalue weighted by atomic mass is 9.12. The van der Waals surface area contributed by atoms with Crippen LogP contribution in [0, 0.1) is 123 Å². The lowest BCUT2D eigenvalue weighted by Crippen LogP contribution is -2.81. The van der Waals surface area contributed by atoms with E-state index >= 15 is 35.1 Å². The van der Waals surface area contributed by atoms with Crippen molar-refractivity contribution in [2.24, 2.45) is 0 Å². The molecule has 0 fully saturated rings. The highest BCUT2D eigenvalue weighted by Gasteiger charge is 2.52. The molecule has 0 saturated carbocycles. The maximum absolute atomic E-state index is 15.4. The molecule has 8 rings (SSSR count). The molecule has 1 heterocycles. The second-order valence-corrected chi connectivity index (χ2v) is 15.4. The van der Waals surface area contributed by atoms with Crippen LogP contribution in [0.1, 0.15) is 22.4 Å². The first-order valence-electron chi connectivity index (χ1n) is 19.7. The summed E-state index contributed by atoms with van der Waals surface area (Å²) in [4.78, 5) is 0. The molecule has 0 radical (unpaired) electrons. The SMILES string of the molecule is Cc1ccc(Cc2c3ccccc3cc[n+]2Cc2ccccc2)cc1.Fc1c(F)c(F)c([B-](c2c(F)c(F)c(F)c(F)c2F)(c2c(F)c(F)c(F)c(F)c2F)c2c(F)c(F)c(F)c(F)c2F)c(F)c1F. The molecule has 0 atom stereocenters. The zero-order chi connectivity index (χ0) is 51.4. The van der Waals surface area contributed by atoms with Crippen molar-refractivity contribution in [3.05, 3.63) is 230 Å². The fraction of sp³-hybridized carbons (Fsp3) is 0.0625. The Morgan fingerprint density at radius 3 is 1.00 bits per heavy atom. The van der Waals surface area contributed by atoms with Gasteiger partial charge in [0.05, 0.1) is 6.42 Å². The highest BCUT2D eigenvalue weighted by Crippen LogP contribution is 2.31. The van der Waals surface area contributed by atoms with Crippen LogP contribution in [0.3, 0.4) is 0 Å². The van der Waals surface area contributed by atoms with Gasteiger partial charge in [0.2, 0.25) is 0 Å². The van der Waals surface area contributed by atoms with Crippen molar-refractivity contribution in [2.75, 3.05) is 0 Å². The van der Waals surface area contributed by atoms with Crippen LogP contribution >= 0.6 is 0 Å². The zero-order valence-corrected chi connectivity index (χ0v) is 34.7. The summed E-state index contributed by atoms with van der Waals surface area (Å²) < 4.78 is 296. The molecule has 0 spiro atoms. The monoisotopic (exact) mass is 1000 g/mol. The molecule has 22 heteroatoms. The Bertz CT molecular complexity index is 3000. The van der Waals surface area contributed by atoms with E-state index in [1.54, 1.807) is 0 Å². The number of rotatable bonds is 8. The number of hydrogen-bond acceptors (Lipinski definition) is 0. The summed E-state index contributed by atoms with van der Waals surface area (Å²) in [6.45, 7) is 3.03. The van der Waals surface area contributed by atoms with Crippen molar-refractivity contribution in [1.29, 1.82) is 0 Å². The molecule has 7 aromatic carbocycles. The predicted octanol–water partition coefficient (Wildman–Crippen LogP) is 10.9. The average Bonchev–Trinajstić information content (AvgIpc) is 3.35. The van der Waals surface area contributed by atoms with Crippen LogP contribution in [-0.4, -0.2) is 6.15 Å². The standard InChI is InChI=1S/C24BF20.C24H22N/c26-5-1(6(27)14(35)21(42)13(5)34)25(2-7(28)15(36)22(43)16(37)8(2)29,3-9(30)17(38)23(44)18(39)10(3)31)4-11(32)19(40)24(45)20(41)12(4)33;1-19-11-13-20(14-12-19)17-24-23-10-6-5-9-22(23)15-16-25(24)18-21-7-3-2-4-8-21/h;2-16H,17-18H2,1H3/q-1;+1. The van der Waals surface area contributed by atoms with E-state index in [1.807, 2.05) is 0 Å². The van der Waals surface area contributed by atoms with E-state index in [1.165, 1.54) is 33.2 Å². The Kier molecular flexibility index (Phi) is 13.8. The third kappa shape index (κ3) is 8.15. The van der Waals surface area contributed by atoms with Crippen molar-refractivity contribution in [1.82, 2.24) is 0 Å². The van der Waals surface area contributed by atoms with E-state index in [0.717, 1.165) is 13.0 Å². The molecule has 0 bridgehead atoms. The fourth-order valence-corrected chi connectivity index (χ4v) is 8.22. The topological polar surface area (TPSA) is 3.88 Å². The molecule has 8 aromatic rings. The van der Waals surface area contributed by atoms with Crippen LogP contribution in [-0.2, 0) is 13.0 Å². The highest BCUT2D eigenvalue weighted by molar-refractivity contribution is 7.20. The van der Waals surface area contributed by atoms with Gasteiger partial charge in [0, 0.05) is 17.0 Å². The first kappa shape index (κ1) is 50.5. The predicted molar refractivity (Wildman–Crippen MR) is 213 cm³/mol. The van der Waals surface area contributed by atoms with Gasteiger partial charge in [0.15, 0.2) is 88.2 Å². The average molecular weight is 1000 g/mol. The minimum Gasteiger partial charge on any atom is -0.207 e. The Hall–Kier alpha value is -7.39. The minimum absolute atomic E-state index is 0.896. The van der Waals surface area contributed by atoms with E-state index in [-0.39, 0.29) is 0 Å². The van der Waals surface area contributed by atoms with Gasteiger partial charge in [-0.05, 0) is 23.9 Å². The van der Waals surface area contributed by atoms with Gasteiger partial charge in [-0.2, -0.15) is 4.57 Å². The van der Waals surface area contributed by atoms with Gasteiger partial charge in [-0.1, -0.05) is 78.4 Å². The van der Waals surface area contributed by atoms with Gasteiger partial charge < -0.3 is 0 Å². The van der Waals surface area contributed by atoms with E-state index in [9.17, 15) is 52.7 Å². The number of pyridine rings is 1. The summed E-state index contributed by atoms with van der Waals surface area (Å²) in [5.41, 5.74) is -8.98. The van der Waals surface area contributed by atoms with Crippen LogP contribution < -0.4 is 26.4 Å². The summed E-state index contributed by atoms with van der Waals surface area (Å²) in [6.07, 6.45) is -4.06. The maximum Gasteiger partial charge on any atom is 0.200 e. The number of fused-ring (bicyclic) bond motifs is 1. The van der Waals surface area contributed by atoms with Crippen molar-refractivity contribution >= 4 is 38.8 Å². The summed E-state index contributed by atoms with van der Waals surface area (Å²) in [5, 5.41) is 2.63. The Morgan fingerprint density at radius 2 is 0.643 bits per heavy atom. The quantitative estimate of drug-likeness (QED) is 0.0470. The Labute approximate surface area is 380 Å². The summed E-state index contributed by atoms with van der Waals surface area (Å²) in [6, 6.07) is 30.4. The van der Waals surface area contributed by atoms with Gasteiger partial charge in [-0.3, -0.25) is 0 Å². The van der Waals surface area contributed by atoms with E-state index in [0.29, 0.717) is 0 Å². The number of benzene rings is 7. The molecule has 362 valence electrons. The second kappa shape index (κ2) is 19.2. The van der Waals surface area contributed by atoms with Crippen LogP contribution in [0.5, 0.6) is 0 Å². The van der Waals surface area contributed by atoms with Crippen molar-refractivity contribution < 1.29 is 92.4 Å². The lowest BCUT2D eigenvalue weighted by molar-refractivity contribution is -0.693. The number of aryl methyl sites for hydroxylation is 1. The third-order valence-corrected chi connectivity index (χ3v) is 11.4. The maximum atomic E-state index is 15.4. The van der Waals surface area contributed by atoms with Crippen LogP contribution in [0.15, 0.2) is 91.1 Å². The first-order chi connectivity index (χ1) is 33.0. The molecule has 1 aromatic heterocycles. The molecule has 0 aliphatic carbocycles. The van der Waals surface area contributed by atoms with Gasteiger partial charge in [-0.25, -0.2) is 87.8 Å². The van der Waals surface area contributed by atoms with Gasteiger partial charge >= 0.3 is 0 Å². The smallest absolute Gasteiger partial charge is 0.200 e. The zero-order valence-electron chi connectivity index (χ0n) is 34.7. The van der Waals surface area contributed by atoms with Gasteiger partial charge in [0.1, 0.15) is 52.7 Å².